The second-order valence-corrected chi connectivity index (χ2v) is 6.54. The molecule has 2 aromatic carbocycles. The van der Waals surface area contributed by atoms with Gasteiger partial charge in [-0.05, 0) is 31.2 Å². The number of para-hydroxylation sites is 2. The number of hydrazone groups is 1. The van der Waals surface area contributed by atoms with E-state index in [1.807, 2.05) is 24.3 Å². The summed E-state index contributed by atoms with van der Waals surface area (Å²) in [6.45, 7) is 1.92. The predicted molar refractivity (Wildman–Crippen MR) is 111 cm³/mol. The molecule has 30 heavy (non-hydrogen) atoms. The molecule has 0 fully saturated rings. The third-order valence-corrected chi connectivity index (χ3v) is 4.71. The normalized spacial score (nSPS) is 19.4. The van der Waals surface area contributed by atoms with Crippen molar-refractivity contribution in [2.24, 2.45) is 5.10 Å². The average molecular weight is 407 g/mol. The van der Waals surface area contributed by atoms with E-state index in [1.54, 1.807) is 67.7 Å². The maximum Gasteiger partial charge on any atom is 0.419 e. The fraction of sp³-hybridized carbons (Fsp3) is 0.190. The number of nitrogens with one attached hydrogen (secondary N) is 1. The van der Waals surface area contributed by atoms with Crippen LogP contribution in [-0.4, -0.2) is 47.4 Å². The summed E-state index contributed by atoms with van der Waals surface area (Å²) >= 11 is 0. The Bertz CT molecular complexity index is 995. The zero-order chi connectivity index (χ0) is 21.1. The van der Waals surface area contributed by atoms with E-state index in [2.05, 4.69) is 10.4 Å². The molecule has 0 radical (unpaired) electrons. The maximum absolute atomic E-state index is 13.1. The highest BCUT2D eigenvalue weighted by Gasteiger charge is 2.62. The molecule has 1 N–H and O–H groups in total. The van der Waals surface area contributed by atoms with E-state index in [4.69, 9.17) is 9.47 Å². The third-order valence-electron chi connectivity index (χ3n) is 4.71. The molecule has 0 aromatic heterocycles. The van der Waals surface area contributed by atoms with Crippen LogP contribution in [0.5, 0.6) is 0 Å². The summed E-state index contributed by atoms with van der Waals surface area (Å²) in [6.07, 6.45) is 2.60. The summed E-state index contributed by atoms with van der Waals surface area (Å²) in [4.78, 5) is 28.9. The highest BCUT2D eigenvalue weighted by Crippen LogP contribution is 2.40. The first-order valence-electron chi connectivity index (χ1n) is 9.43. The van der Waals surface area contributed by atoms with Crippen LogP contribution >= 0.6 is 0 Å². The monoisotopic (exact) mass is 407 g/mol. The number of fused-ring (bicyclic) bond motifs is 1. The van der Waals surface area contributed by atoms with Crippen molar-refractivity contribution in [3.05, 3.63) is 73.1 Å². The molecule has 2 aliphatic heterocycles. The number of amides is 1. The van der Waals surface area contributed by atoms with E-state index in [0.717, 1.165) is 0 Å². The lowest BCUT2D eigenvalue weighted by Gasteiger charge is -2.41. The van der Waals surface area contributed by atoms with E-state index in [0.29, 0.717) is 11.4 Å². The van der Waals surface area contributed by atoms with Gasteiger partial charge in [-0.1, -0.05) is 36.4 Å². The Kier molecular flexibility index (Phi) is 5.01. The Morgan fingerprint density at radius 2 is 1.70 bits per heavy atom. The van der Waals surface area contributed by atoms with Crippen LogP contribution in [0, 0.1) is 0 Å². The first kappa shape index (κ1) is 19.3. The molecule has 1 amide bonds. The number of hydrogen-bond acceptors (Lipinski definition) is 8. The van der Waals surface area contributed by atoms with Crippen LogP contribution in [0.3, 0.4) is 0 Å². The van der Waals surface area contributed by atoms with Crippen molar-refractivity contribution in [2.75, 3.05) is 23.9 Å². The Labute approximate surface area is 173 Å². The molecular formula is C21H21N5O4. The van der Waals surface area contributed by atoms with E-state index in [9.17, 15) is 9.59 Å². The van der Waals surface area contributed by atoms with Gasteiger partial charge in [-0.3, -0.25) is 5.32 Å². The number of benzene rings is 2. The largest absolute Gasteiger partial charge is 0.461 e. The highest BCUT2D eigenvalue weighted by atomic mass is 16.6. The van der Waals surface area contributed by atoms with Gasteiger partial charge in [-0.2, -0.15) is 0 Å². The van der Waals surface area contributed by atoms with Gasteiger partial charge in [0.05, 0.1) is 12.3 Å². The van der Waals surface area contributed by atoms with Gasteiger partial charge in [0.1, 0.15) is 0 Å². The van der Waals surface area contributed by atoms with Gasteiger partial charge in [0.25, 0.3) is 0 Å². The summed E-state index contributed by atoms with van der Waals surface area (Å²) < 4.78 is 10.9. The molecule has 9 heteroatoms. The lowest BCUT2D eigenvalue weighted by atomic mass is 10.2. The molecule has 2 heterocycles. The summed E-state index contributed by atoms with van der Waals surface area (Å²) in [5.41, 5.74) is 1.18. The lowest BCUT2D eigenvalue weighted by Crippen LogP contribution is -2.66. The van der Waals surface area contributed by atoms with E-state index in [1.165, 1.54) is 9.91 Å². The SMILES string of the molecule is CCOC(=O)C12N(C)C=CN1N=C(OC(=O)Nc1ccccc1)N2c1ccccc1. The summed E-state index contributed by atoms with van der Waals surface area (Å²) in [5.74, 6) is -2.02. The van der Waals surface area contributed by atoms with Crippen molar-refractivity contribution < 1.29 is 19.1 Å². The molecule has 154 valence electrons. The Morgan fingerprint density at radius 3 is 2.37 bits per heavy atom. The molecule has 9 nitrogen and oxygen atoms in total. The minimum Gasteiger partial charge on any atom is -0.461 e. The van der Waals surface area contributed by atoms with Crippen LogP contribution in [0.25, 0.3) is 0 Å². The number of nitrogens with zero attached hydrogens (tertiary/aromatic N) is 4. The Morgan fingerprint density at radius 1 is 1.03 bits per heavy atom. The van der Waals surface area contributed by atoms with E-state index < -0.39 is 17.8 Å². The Balaban J connectivity index is 1.70. The van der Waals surface area contributed by atoms with Crippen LogP contribution < -0.4 is 10.2 Å². The number of esters is 1. The van der Waals surface area contributed by atoms with Gasteiger partial charge in [0.2, 0.25) is 0 Å². The molecule has 0 aliphatic carbocycles. The quantitative estimate of drug-likeness (QED) is 0.780. The standard InChI is InChI=1S/C21H21N5O4/c1-3-29-18(27)21-24(2)14-15-25(21)23-19(26(21)17-12-8-5-9-13-17)30-20(28)22-16-10-6-4-7-11-16/h4-15H,3H2,1-2H3,(H,22,28). The Hall–Kier alpha value is -4.01. The number of anilines is 2. The first-order valence-corrected chi connectivity index (χ1v) is 9.43. The predicted octanol–water partition coefficient (Wildman–Crippen LogP) is 2.96. The van der Waals surface area contributed by atoms with Crippen LogP contribution in [0.15, 0.2) is 78.2 Å². The number of amidine groups is 1. The average Bonchev–Trinajstić information content (AvgIpc) is 3.24. The van der Waals surface area contributed by atoms with Crippen molar-refractivity contribution in [2.45, 2.75) is 12.7 Å². The van der Waals surface area contributed by atoms with Crippen molar-refractivity contribution in [1.29, 1.82) is 0 Å². The van der Waals surface area contributed by atoms with Crippen LogP contribution in [0.1, 0.15) is 6.92 Å². The number of rotatable bonds is 4. The van der Waals surface area contributed by atoms with Gasteiger partial charge in [-0.15, -0.1) is 5.10 Å². The lowest BCUT2D eigenvalue weighted by molar-refractivity contribution is -0.162. The minimum absolute atomic E-state index is 0.0566. The summed E-state index contributed by atoms with van der Waals surface area (Å²) in [5, 5.41) is 8.45. The van der Waals surface area contributed by atoms with E-state index in [-0.39, 0.29) is 12.6 Å². The number of carbonyl (C=O) groups is 2. The second-order valence-electron chi connectivity index (χ2n) is 6.54. The number of likely N-dealkylation sites (N-methyl/N-ethyl adjacent to an activating group) is 1. The fourth-order valence-electron chi connectivity index (χ4n) is 3.40. The van der Waals surface area contributed by atoms with Gasteiger partial charge in [0.15, 0.2) is 0 Å². The zero-order valence-electron chi connectivity index (χ0n) is 16.6. The highest BCUT2D eigenvalue weighted by molar-refractivity contribution is 6.07. The number of hydrogen-bond donors (Lipinski definition) is 1. The number of carbonyl (C=O) groups excluding carboxylic acids is 2. The molecule has 0 spiro atoms. The van der Waals surface area contributed by atoms with Crippen LogP contribution in [0.4, 0.5) is 16.2 Å². The molecule has 0 saturated heterocycles. The van der Waals surface area contributed by atoms with Gasteiger partial charge in [0, 0.05) is 25.1 Å². The summed E-state index contributed by atoms with van der Waals surface area (Å²) in [7, 11) is 1.73. The van der Waals surface area contributed by atoms with Gasteiger partial charge in [-0.25, -0.2) is 19.5 Å². The number of ether oxygens (including phenoxy) is 2. The zero-order valence-corrected chi connectivity index (χ0v) is 16.6. The van der Waals surface area contributed by atoms with Crippen molar-refractivity contribution >= 4 is 29.5 Å². The van der Waals surface area contributed by atoms with Gasteiger partial charge < -0.3 is 14.4 Å². The van der Waals surface area contributed by atoms with Crippen molar-refractivity contribution in [3.8, 4) is 0 Å². The molecule has 2 aromatic rings. The molecule has 1 unspecified atom stereocenters. The van der Waals surface area contributed by atoms with Crippen LogP contribution in [0.2, 0.25) is 0 Å². The smallest absolute Gasteiger partial charge is 0.419 e. The van der Waals surface area contributed by atoms with Crippen molar-refractivity contribution in [1.82, 2.24) is 9.91 Å². The molecule has 4 rings (SSSR count). The first-order chi connectivity index (χ1) is 14.6. The molecule has 0 bridgehead atoms. The molecule has 1 atom stereocenters. The van der Waals surface area contributed by atoms with Crippen LogP contribution in [-0.2, 0) is 14.3 Å². The molecule has 2 aliphatic rings. The van der Waals surface area contributed by atoms with Crippen molar-refractivity contribution in [3.63, 3.8) is 0 Å². The third kappa shape index (κ3) is 3.10. The summed E-state index contributed by atoms with van der Waals surface area (Å²) in [6, 6.07) is 17.9. The maximum atomic E-state index is 13.1. The van der Waals surface area contributed by atoms with E-state index >= 15 is 0 Å². The molecule has 0 saturated carbocycles. The minimum atomic E-state index is -1.47. The second kappa shape index (κ2) is 7.78. The molecular weight excluding hydrogens is 386 g/mol. The topological polar surface area (TPSA) is 86.7 Å². The fourth-order valence-corrected chi connectivity index (χ4v) is 3.40. The van der Waals surface area contributed by atoms with Gasteiger partial charge >= 0.3 is 23.9 Å².